The highest BCUT2D eigenvalue weighted by molar-refractivity contribution is 7.89. The van der Waals surface area contributed by atoms with Gasteiger partial charge in [-0.3, -0.25) is 0 Å². The van der Waals surface area contributed by atoms with Crippen LogP contribution in [0.3, 0.4) is 0 Å². The number of sulfonamides is 1. The van der Waals surface area contributed by atoms with E-state index >= 15 is 0 Å². The first-order valence-electron chi connectivity index (χ1n) is 6.31. The topological polar surface area (TPSA) is 72.6 Å². The quantitative estimate of drug-likeness (QED) is 0.891. The summed E-state index contributed by atoms with van der Waals surface area (Å²) in [5.74, 6) is -1.85. The largest absolute Gasteiger partial charge is 0.432 e. The molecule has 1 aromatic rings. The summed E-state index contributed by atoms with van der Waals surface area (Å²) in [5.41, 5.74) is 5.73. The molecule has 1 atom stereocenters. The molecule has 2 rings (SSSR count). The van der Waals surface area contributed by atoms with E-state index in [0.29, 0.717) is 19.0 Å². The Labute approximate surface area is 132 Å². The highest BCUT2D eigenvalue weighted by Gasteiger charge is 2.29. The molecule has 0 amide bonds. The van der Waals surface area contributed by atoms with Crippen LogP contribution in [0.15, 0.2) is 23.1 Å². The van der Waals surface area contributed by atoms with E-state index < -0.39 is 28.2 Å². The van der Waals surface area contributed by atoms with Crippen LogP contribution in [0.5, 0.6) is 5.75 Å². The number of hydrogen-bond donors (Lipinski definition) is 1. The second-order valence-corrected chi connectivity index (χ2v) is 6.67. The van der Waals surface area contributed by atoms with Crippen LogP contribution in [0, 0.1) is 5.82 Å². The van der Waals surface area contributed by atoms with Crippen molar-refractivity contribution in [3.63, 3.8) is 0 Å². The predicted octanol–water partition coefficient (Wildman–Crippen LogP) is 1.96. The maximum Gasteiger partial charge on any atom is 0.387 e. The minimum absolute atomic E-state index is 0. The minimum Gasteiger partial charge on any atom is -0.432 e. The van der Waals surface area contributed by atoms with E-state index in [1.165, 1.54) is 4.31 Å². The van der Waals surface area contributed by atoms with E-state index in [1.807, 2.05) is 0 Å². The van der Waals surface area contributed by atoms with Crippen LogP contribution in [0.1, 0.15) is 12.8 Å². The molecule has 1 aliphatic heterocycles. The molecule has 1 fully saturated rings. The van der Waals surface area contributed by atoms with Crippen molar-refractivity contribution >= 4 is 22.4 Å². The lowest BCUT2D eigenvalue weighted by atomic mass is 10.1. The Kier molecular flexibility index (Phi) is 6.48. The Balaban J connectivity index is 0.00000242. The van der Waals surface area contributed by atoms with Crippen LogP contribution < -0.4 is 10.5 Å². The van der Waals surface area contributed by atoms with Gasteiger partial charge in [0.1, 0.15) is 0 Å². The Hall–Kier alpha value is -1.03. The molecule has 0 aromatic heterocycles. The number of rotatable bonds is 4. The summed E-state index contributed by atoms with van der Waals surface area (Å²) < 4.78 is 67.5. The molecule has 1 unspecified atom stereocenters. The molecule has 0 aliphatic carbocycles. The van der Waals surface area contributed by atoms with Gasteiger partial charge in [0.2, 0.25) is 10.0 Å². The van der Waals surface area contributed by atoms with Crippen molar-refractivity contribution in [2.75, 3.05) is 13.1 Å². The number of halogens is 4. The van der Waals surface area contributed by atoms with Gasteiger partial charge in [-0.2, -0.15) is 13.1 Å². The predicted molar refractivity (Wildman–Crippen MR) is 76.2 cm³/mol. The van der Waals surface area contributed by atoms with Gasteiger partial charge in [0.05, 0.1) is 4.90 Å². The molecule has 1 aromatic carbocycles. The van der Waals surface area contributed by atoms with Gasteiger partial charge in [-0.25, -0.2) is 12.8 Å². The Bertz CT molecular complexity index is 616. The number of piperidine rings is 1. The fourth-order valence-electron chi connectivity index (χ4n) is 2.17. The van der Waals surface area contributed by atoms with Gasteiger partial charge in [-0.1, -0.05) is 0 Å². The monoisotopic (exact) mass is 360 g/mol. The van der Waals surface area contributed by atoms with Crippen molar-refractivity contribution in [2.24, 2.45) is 5.73 Å². The van der Waals surface area contributed by atoms with E-state index in [9.17, 15) is 21.6 Å². The molecule has 10 heteroatoms. The smallest absolute Gasteiger partial charge is 0.387 e. The van der Waals surface area contributed by atoms with Crippen molar-refractivity contribution in [3.8, 4) is 5.75 Å². The lowest BCUT2D eigenvalue weighted by Crippen LogP contribution is -2.45. The van der Waals surface area contributed by atoms with Crippen molar-refractivity contribution in [1.29, 1.82) is 0 Å². The second-order valence-electron chi connectivity index (χ2n) is 4.74. The van der Waals surface area contributed by atoms with Gasteiger partial charge in [-0.15, -0.1) is 12.4 Å². The number of nitrogens with zero attached hydrogens (tertiary/aromatic N) is 1. The summed E-state index contributed by atoms with van der Waals surface area (Å²) in [6.07, 6.45) is 1.34. The molecule has 1 saturated heterocycles. The maximum atomic E-state index is 13.6. The Morgan fingerprint density at radius 1 is 1.36 bits per heavy atom. The molecule has 22 heavy (non-hydrogen) atoms. The molecule has 126 valence electrons. The van der Waals surface area contributed by atoms with Crippen LogP contribution in [-0.2, 0) is 10.0 Å². The van der Waals surface area contributed by atoms with E-state index in [1.54, 1.807) is 0 Å². The van der Waals surface area contributed by atoms with E-state index in [0.717, 1.165) is 18.6 Å². The average molecular weight is 361 g/mol. The first-order valence-corrected chi connectivity index (χ1v) is 7.75. The normalized spacial score (nSPS) is 19.8. The first-order chi connectivity index (χ1) is 9.80. The SMILES string of the molecule is Cl.NC1CCCN(S(=O)(=O)c2ccc(OC(F)F)c(F)c2)C1. The highest BCUT2D eigenvalue weighted by Crippen LogP contribution is 2.26. The third kappa shape index (κ3) is 4.25. The van der Waals surface area contributed by atoms with Crippen molar-refractivity contribution in [2.45, 2.75) is 30.4 Å². The Morgan fingerprint density at radius 2 is 2.05 bits per heavy atom. The van der Waals surface area contributed by atoms with Crippen LogP contribution in [0.25, 0.3) is 0 Å². The molecule has 1 heterocycles. The molecule has 2 N–H and O–H groups in total. The van der Waals surface area contributed by atoms with Crippen LogP contribution in [0.4, 0.5) is 13.2 Å². The van der Waals surface area contributed by atoms with Crippen molar-refractivity contribution in [3.05, 3.63) is 24.0 Å². The fraction of sp³-hybridized carbons (Fsp3) is 0.500. The fourth-order valence-corrected chi connectivity index (χ4v) is 3.72. The summed E-state index contributed by atoms with van der Waals surface area (Å²) in [6, 6.07) is 2.32. The van der Waals surface area contributed by atoms with Gasteiger partial charge < -0.3 is 10.5 Å². The molecule has 0 bridgehead atoms. The third-order valence-corrected chi connectivity index (χ3v) is 5.04. The second kappa shape index (κ2) is 7.49. The van der Waals surface area contributed by atoms with Gasteiger partial charge in [0.15, 0.2) is 11.6 Å². The van der Waals surface area contributed by atoms with Crippen molar-refractivity contribution < 1.29 is 26.3 Å². The molecule has 0 spiro atoms. The lowest BCUT2D eigenvalue weighted by molar-refractivity contribution is -0.0522. The third-order valence-electron chi connectivity index (χ3n) is 3.18. The molecule has 0 saturated carbocycles. The average Bonchev–Trinajstić information content (AvgIpc) is 2.40. The number of alkyl halides is 2. The lowest BCUT2D eigenvalue weighted by Gasteiger charge is -2.29. The van der Waals surface area contributed by atoms with Gasteiger partial charge in [-0.05, 0) is 31.0 Å². The maximum absolute atomic E-state index is 13.6. The summed E-state index contributed by atoms with van der Waals surface area (Å²) in [7, 11) is -3.89. The standard InChI is InChI=1S/C12H15F3N2O3S.ClH/c13-10-6-9(3-4-11(10)20-12(14)15)21(18,19)17-5-1-2-8(16)7-17;/h3-4,6,8,12H,1-2,5,7,16H2;1H. The zero-order valence-electron chi connectivity index (χ0n) is 11.4. The zero-order valence-corrected chi connectivity index (χ0v) is 13.0. The summed E-state index contributed by atoms with van der Waals surface area (Å²) in [4.78, 5) is -0.310. The number of hydrogen-bond acceptors (Lipinski definition) is 4. The van der Waals surface area contributed by atoms with E-state index in [4.69, 9.17) is 5.73 Å². The minimum atomic E-state index is -3.89. The van der Waals surface area contributed by atoms with Gasteiger partial charge in [0, 0.05) is 19.1 Å². The number of benzene rings is 1. The molecular formula is C12H16ClF3N2O3S. The molecule has 5 nitrogen and oxygen atoms in total. The van der Waals surface area contributed by atoms with E-state index in [2.05, 4.69) is 4.74 Å². The Morgan fingerprint density at radius 3 is 2.59 bits per heavy atom. The van der Waals surface area contributed by atoms with E-state index in [-0.39, 0.29) is 29.9 Å². The van der Waals surface area contributed by atoms with Crippen LogP contribution in [-0.4, -0.2) is 38.5 Å². The summed E-state index contributed by atoms with van der Waals surface area (Å²) >= 11 is 0. The zero-order chi connectivity index (χ0) is 15.6. The van der Waals surface area contributed by atoms with Crippen LogP contribution >= 0.6 is 12.4 Å². The van der Waals surface area contributed by atoms with Crippen molar-refractivity contribution in [1.82, 2.24) is 4.31 Å². The number of ether oxygens (including phenoxy) is 1. The molecular weight excluding hydrogens is 345 g/mol. The first kappa shape index (κ1) is 19.0. The summed E-state index contributed by atoms with van der Waals surface area (Å²) in [5, 5.41) is 0. The molecule has 0 radical (unpaired) electrons. The summed E-state index contributed by atoms with van der Waals surface area (Å²) in [6.45, 7) is -2.73. The van der Waals surface area contributed by atoms with Crippen LogP contribution in [0.2, 0.25) is 0 Å². The number of nitrogens with two attached hydrogens (primary N) is 1. The van der Waals surface area contributed by atoms with Gasteiger partial charge in [0.25, 0.3) is 0 Å². The highest BCUT2D eigenvalue weighted by atomic mass is 35.5. The van der Waals surface area contributed by atoms with Gasteiger partial charge >= 0.3 is 6.61 Å². The molecule has 1 aliphatic rings.